The van der Waals surface area contributed by atoms with Gasteiger partial charge in [-0.25, -0.2) is 0 Å². The average molecular weight is 233 g/mol. The lowest BCUT2D eigenvalue weighted by molar-refractivity contribution is 0.495. The molecule has 0 aliphatic rings. The first-order chi connectivity index (χ1) is 8.33. The zero-order valence-electron chi connectivity index (χ0n) is 11.4. The fourth-order valence-electron chi connectivity index (χ4n) is 2.03. The van der Waals surface area contributed by atoms with Crippen LogP contribution in [0.2, 0.25) is 0 Å². The Balaban J connectivity index is 2.03. The number of rotatable bonds is 9. The van der Waals surface area contributed by atoms with E-state index in [4.69, 9.17) is 0 Å². The first-order valence-electron chi connectivity index (χ1n) is 7.10. The predicted molar refractivity (Wildman–Crippen MR) is 76.4 cm³/mol. The van der Waals surface area contributed by atoms with Crippen molar-refractivity contribution in [2.24, 2.45) is 0 Å². The molecule has 1 aromatic rings. The second kappa shape index (κ2) is 9.23. The van der Waals surface area contributed by atoms with E-state index in [0.29, 0.717) is 6.04 Å². The molecule has 0 radical (unpaired) electrons. The number of aryl methyl sites for hydroxylation is 1. The van der Waals surface area contributed by atoms with E-state index in [1.165, 1.54) is 50.6 Å². The van der Waals surface area contributed by atoms with Gasteiger partial charge in [-0.1, -0.05) is 56.5 Å². The molecule has 0 aliphatic carbocycles. The molecule has 0 aliphatic heterocycles. The molecular formula is C16H27N. The van der Waals surface area contributed by atoms with Crippen molar-refractivity contribution in [3.63, 3.8) is 0 Å². The molecule has 0 amide bonds. The molecule has 1 unspecified atom stereocenters. The minimum absolute atomic E-state index is 0.636. The summed E-state index contributed by atoms with van der Waals surface area (Å²) in [5.41, 5.74) is 1.45. The number of benzene rings is 1. The van der Waals surface area contributed by atoms with E-state index >= 15 is 0 Å². The maximum atomic E-state index is 3.61. The molecule has 1 rings (SSSR count). The van der Waals surface area contributed by atoms with Crippen molar-refractivity contribution in [3.05, 3.63) is 35.9 Å². The van der Waals surface area contributed by atoms with Crippen LogP contribution in [0.1, 0.15) is 51.5 Å². The second-order valence-electron chi connectivity index (χ2n) is 4.94. The maximum Gasteiger partial charge on any atom is 0.00418 e. The molecule has 0 fully saturated rings. The largest absolute Gasteiger partial charge is 0.314 e. The summed E-state index contributed by atoms with van der Waals surface area (Å²) in [6, 6.07) is 11.4. The summed E-state index contributed by atoms with van der Waals surface area (Å²) in [5.74, 6) is 0. The van der Waals surface area contributed by atoms with E-state index in [2.05, 4.69) is 49.5 Å². The van der Waals surface area contributed by atoms with E-state index in [9.17, 15) is 0 Å². The van der Waals surface area contributed by atoms with Gasteiger partial charge >= 0.3 is 0 Å². The Morgan fingerprint density at radius 1 is 1.06 bits per heavy atom. The minimum atomic E-state index is 0.636. The van der Waals surface area contributed by atoms with Crippen molar-refractivity contribution < 1.29 is 0 Å². The third-order valence-electron chi connectivity index (χ3n) is 3.23. The summed E-state index contributed by atoms with van der Waals surface area (Å²) in [4.78, 5) is 0. The third kappa shape index (κ3) is 7.17. The minimum Gasteiger partial charge on any atom is -0.314 e. The zero-order chi connectivity index (χ0) is 12.3. The lowest BCUT2D eigenvalue weighted by atomic mass is 10.1. The van der Waals surface area contributed by atoms with E-state index in [1.54, 1.807) is 0 Å². The van der Waals surface area contributed by atoms with Crippen LogP contribution in [-0.4, -0.2) is 12.6 Å². The highest BCUT2D eigenvalue weighted by Crippen LogP contribution is 2.05. The van der Waals surface area contributed by atoms with Crippen LogP contribution in [0.15, 0.2) is 30.3 Å². The number of nitrogens with one attached hydrogen (secondary N) is 1. The van der Waals surface area contributed by atoms with Crippen LogP contribution in [0, 0.1) is 0 Å². The summed E-state index contributed by atoms with van der Waals surface area (Å²) < 4.78 is 0. The van der Waals surface area contributed by atoms with Gasteiger partial charge in [0.05, 0.1) is 0 Å². The van der Waals surface area contributed by atoms with Crippen LogP contribution in [0.25, 0.3) is 0 Å². The lowest BCUT2D eigenvalue weighted by Gasteiger charge is -2.13. The van der Waals surface area contributed by atoms with Gasteiger partial charge in [-0.2, -0.15) is 0 Å². The number of unbranched alkanes of at least 4 members (excludes halogenated alkanes) is 3. The number of hydrogen-bond donors (Lipinski definition) is 1. The van der Waals surface area contributed by atoms with Gasteiger partial charge in [0.25, 0.3) is 0 Å². The van der Waals surface area contributed by atoms with Crippen molar-refractivity contribution in [2.75, 3.05) is 6.54 Å². The SMILES string of the molecule is CCCCCCNC(C)CCc1ccccc1. The van der Waals surface area contributed by atoms with Crippen molar-refractivity contribution in [3.8, 4) is 0 Å². The quantitative estimate of drug-likeness (QED) is 0.631. The van der Waals surface area contributed by atoms with Gasteiger partial charge in [0.1, 0.15) is 0 Å². The van der Waals surface area contributed by atoms with Gasteiger partial charge in [0.2, 0.25) is 0 Å². The van der Waals surface area contributed by atoms with E-state index < -0.39 is 0 Å². The van der Waals surface area contributed by atoms with Gasteiger partial charge in [-0.05, 0) is 38.3 Å². The Bertz CT molecular complexity index is 268. The van der Waals surface area contributed by atoms with Crippen LogP contribution in [0.5, 0.6) is 0 Å². The Hall–Kier alpha value is -0.820. The van der Waals surface area contributed by atoms with E-state index in [-0.39, 0.29) is 0 Å². The molecule has 0 spiro atoms. The fraction of sp³-hybridized carbons (Fsp3) is 0.625. The Labute approximate surface area is 107 Å². The van der Waals surface area contributed by atoms with Crippen molar-refractivity contribution in [1.82, 2.24) is 5.32 Å². The summed E-state index contributed by atoms with van der Waals surface area (Å²) in [6.07, 6.45) is 7.81. The van der Waals surface area contributed by atoms with Crippen molar-refractivity contribution >= 4 is 0 Å². The van der Waals surface area contributed by atoms with Crippen LogP contribution >= 0.6 is 0 Å². The Kier molecular flexibility index (Phi) is 7.74. The van der Waals surface area contributed by atoms with Crippen LogP contribution in [0.3, 0.4) is 0 Å². The molecule has 1 aromatic carbocycles. The molecule has 96 valence electrons. The van der Waals surface area contributed by atoms with Gasteiger partial charge in [-0.15, -0.1) is 0 Å². The molecule has 1 nitrogen and oxygen atoms in total. The summed E-state index contributed by atoms with van der Waals surface area (Å²) in [5, 5.41) is 3.61. The Morgan fingerprint density at radius 3 is 2.53 bits per heavy atom. The monoisotopic (exact) mass is 233 g/mol. The highest BCUT2D eigenvalue weighted by atomic mass is 14.9. The number of hydrogen-bond acceptors (Lipinski definition) is 1. The first kappa shape index (κ1) is 14.2. The van der Waals surface area contributed by atoms with Gasteiger partial charge < -0.3 is 5.32 Å². The maximum absolute atomic E-state index is 3.61. The summed E-state index contributed by atoms with van der Waals surface area (Å²) in [7, 11) is 0. The highest BCUT2D eigenvalue weighted by molar-refractivity contribution is 5.14. The summed E-state index contributed by atoms with van der Waals surface area (Å²) in [6.45, 7) is 5.73. The molecule has 0 heterocycles. The standard InChI is InChI=1S/C16H27N/c1-3-4-5-9-14-17-15(2)12-13-16-10-7-6-8-11-16/h6-8,10-11,15,17H,3-5,9,12-14H2,1-2H3. The molecule has 0 saturated heterocycles. The molecule has 0 bridgehead atoms. The molecule has 0 saturated carbocycles. The van der Waals surface area contributed by atoms with E-state index in [1.807, 2.05) is 0 Å². The first-order valence-corrected chi connectivity index (χ1v) is 7.10. The molecule has 1 N–H and O–H groups in total. The smallest absolute Gasteiger partial charge is 0.00418 e. The molecule has 1 heteroatoms. The summed E-state index contributed by atoms with van der Waals surface area (Å²) >= 11 is 0. The molecular weight excluding hydrogens is 206 g/mol. The van der Waals surface area contributed by atoms with Crippen molar-refractivity contribution in [1.29, 1.82) is 0 Å². The van der Waals surface area contributed by atoms with E-state index in [0.717, 1.165) is 0 Å². The molecule has 1 atom stereocenters. The predicted octanol–water partition coefficient (Wildman–Crippen LogP) is 4.18. The fourth-order valence-corrected chi connectivity index (χ4v) is 2.03. The normalized spacial score (nSPS) is 12.6. The Morgan fingerprint density at radius 2 is 1.82 bits per heavy atom. The molecule has 0 aromatic heterocycles. The van der Waals surface area contributed by atoms with Gasteiger partial charge in [-0.3, -0.25) is 0 Å². The third-order valence-corrected chi connectivity index (χ3v) is 3.23. The average Bonchev–Trinajstić information content (AvgIpc) is 2.37. The lowest BCUT2D eigenvalue weighted by Crippen LogP contribution is -2.27. The highest BCUT2D eigenvalue weighted by Gasteiger charge is 2.01. The van der Waals surface area contributed by atoms with Gasteiger partial charge in [0.15, 0.2) is 0 Å². The second-order valence-corrected chi connectivity index (χ2v) is 4.94. The van der Waals surface area contributed by atoms with Crippen LogP contribution in [-0.2, 0) is 6.42 Å². The van der Waals surface area contributed by atoms with Gasteiger partial charge in [0, 0.05) is 6.04 Å². The van der Waals surface area contributed by atoms with Crippen molar-refractivity contribution in [2.45, 2.75) is 58.4 Å². The topological polar surface area (TPSA) is 12.0 Å². The zero-order valence-corrected chi connectivity index (χ0v) is 11.4. The van der Waals surface area contributed by atoms with Crippen LogP contribution in [0.4, 0.5) is 0 Å². The molecule has 17 heavy (non-hydrogen) atoms. The van der Waals surface area contributed by atoms with Crippen LogP contribution < -0.4 is 5.32 Å².